The van der Waals surface area contributed by atoms with E-state index in [-0.39, 0.29) is 6.17 Å². The summed E-state index contributed by atoms with van der Waals surface area (Å²) in [5, 5.41) is 3.59. The fourth-order valence-corrected chi connectivity index (χ4v) is 2.45. The molecule has 2 aromatic rings. The molecule has 2 aromatic carbocycles. The molecule has 0 radical (unpaired) electrons. The van der Waals surface area contributed by atoms with Gasteiger partial charge in [-0.1, -0.05) is 42.5 Å². The Kier molecular flexibility index (Phi) is 2.29. The summed E-state index contributed by atoms with van der Waals surface area (Å²) in [6.07, 6.45) is 0.243. The number of fused-ring (bicyclic) bond motifs is 1. The van der Waals surface area contributed by atoms with Gasteiger partial charge in [-0.2, -0.15) is 0 Å². The van der Waals surface area contributed by atoms with E-state index in [0.29, 0.717) is 0 Å². The van der Waals surface area contributed by atoms with Crippen molar-refractivity contribution in [3.05, 3.63) is 59.7 Å². The first-order chi connectivity index (χ1) is 8.27. The van der Waals surface area contributed by atoms with Crippen LogP contribution in [0.3, 0.4) is 0 Å². The zero-order valence-electron chi connectivity index (χ0n) is 10.1. The van der Waals surface area contributed by atoms with Crippen molar-refractivity contribution in [1.29, 1.82) is 0 Å². The Bertz CT molecular complexity index is 534. The summed E-state index contributed by atoms with van der Waals surface area (Å²) in [5.41, 5.74) is 5.13. The van der Waals surface area contributed by atoms with Crippen molar-refractivity contribution < 1.29 is 0 Å². The van der Waals surface area contributed by atoms with E-state index < -0.39 is 0 Å². The van der Waals surface area contributed by atoms with Gasteiger partial charge in [-0.15, -0.1) is 0 Å². The third-order valence-electron chi connectivity index (χ3n) is 3.41. The minimum absolute atomic E-state index is 0.243. The van der Waals surface area contributed by atoms with Gasteiger partial charge in [-0.25, -0.2) is 0 Å². The predicted octanol–water partition coefficient (Wildman–Crippen LogP) is 3.56. The number of hydrogen-bond donors (Lipinski definition) is 1. The number of aryl methyl sites for hydroxylation is 1. The average Bonchev–Trinajstić information content (AvgIpc) is 2.70. The molecule has 0 aliphatic carbocycles. The second kappa shape index (κ2) is 3.81. The zero-order valence-corrected chi connectivity index (χ0v) is 10.1. The molecule has 0 saturated heterocycles. The van der Waals surface area contributed by atoms with Crippen LogP contribution in [0.15, 0.2) is 48.5 Å². The third kappa shape index (κ3) is 1.57. The van der Waals surface area contributed by atoms with Gasteiger partial charge in [0, 0.05) is 7.05 Å². The monoisotopic (exact) mass is 224 g/mol. The standard InChI is InChI=1S/C15H16N2/c1-11-7-6-10-13-14(11)16-15(17(13)2)12-8-4-3-5-9-12/h3-10,15-16H,1-2H3. The first kappa shape index (κ1) is 10.2. The maximum absolute atomic E-state index is 3.59. The Hall–Kier alpha value is -1.96. The lowest BCUT2D eigenvalue weighted by Crippen LogP contribution is -2.23. The highest BCUT2D eigenvalue weighted by Crippen LogP contribution is 2.41. The lowest BCUT2D eigenvalue weighted by atomic mass is 10.1. The lowest BCUT2D eigenvalue weighted by molar-refractivity contribution is 0.792. The number of anilines is 2. The Morgan fingerprint density at radius 2 is 1.76 bits per heavy atom. The molecule has 1 heterocycles. The molecule has 86 valence electrons. The number of benzene rings is 2. The van der Waals surface area contributed by atoms with Crippen molar-refractivity contribution in [3.8, 4) is 0 Å². The Morgan fingerprint density at radius 1 is 1.00 bits per heavy atom. The minimum Gasteiger partial charge on any atom is -0.360 e. The molecule has 2 heteroatoms. The molecule has 0 aromatic heterocycles. The molecule has 17 heavy (non-hydrogen) atoms. The van der Waals surface area contributed by atoms with Crippen LogP contribution in [0.4, 0.5) is 11.4 Å². The molecule has 1 unspecified atom stereocenters. The van der Waals surface area contributed by atoms with Crippen LogP contribution >= 0.6 is 0 Å². The molecule has 0 amide bonds. The highest BCUT2D eigenvalue weighted by atomic mass is 15.3. The zero-order chi connectivity index (χ0) is 11.8. The van der Waals surface area contributed by atoms with Crippen molar-refractivity contribution in [1.82, 2.24) is 0 Å². The van der Waals surface area contributed by atoms with Crippen LogP contribution in [0.25, 0.3) is 0 Å². The largest absolute Gasteiger partial charge is 0.360 e. The van der Waals surface area contributed by atoms with E-state index >= 15 is 0 Å². The van der Waals surface area contributed by atoms with Crippen molar-refractivity contribution in [2.24, 2.45) is 0 Å². The Labute approximate surface area is 102 Å². The van der Waals surface area contributed by atoms with Gasteiger partial charge in [0.25, 0.3) is 0 Å². The summed E-state index contributed by atoms with van der Waals surface area (Å²) in [6, 6.07) is 17.0. The molecule has 1 aliphatic rings. The number of nitrogens with one attached hydrogen (secondary N) is 1. The van der Waals surface area contributed by atoms with Crippen LogP contribution in [-0.4, -0.2) is 7.05 Å². The SMILES string of the molecule is Cc1cccc2c1NC(c1ccccc1)N2C. The van der Waals surface area contributed by atoms with E-state index in [2.05, 4.69) is 72.7 Å². The van der Waals surface area contributed by atoms with Gasteiger partial charge in [0.1, 0.15) is 6.17 Å². The molecule has 0 spiro atoms. The normalized spacial score (nSPS) is 17.8. The quantitative estimate of drug-likeness (QED) is 0.796. The third-order valence-corrected chi connectivity index (χ3v) is 3.41. The Morgan fingerprint density at radius 3 is 2.47 bits per heavy atom. The van der Waals surface area contributed by atoms with Crippen molar-refractivity contribution in [2.75, 3.05) is 17.3 Å². The van der Waals surface area contributed by atoms with Gasteiger partial charge in [-0.05, 0) is 24.1 Å². The van der Waals surface area contributed by atoms with E-state index in [1.807, 2.05) is 0 Å². The van der Waals surface area contributed by atoms with Crippen LogP contribution < -0.4 is 10.2 Å². The fourth-order valence-electron chi connectivity index (χ4n) is 2.45. The van der Waals surface area contributed by atoms with Crippen LogP contribution in [0.5, 0.6) is 0 Å². The number of para-hydroxylation sites is 1. The molecule has 0 bridgehead atoms. The van der Waals surface area contributed by atoms with Gasteiger partial charge in [0.2, 0.25) is 0 Å². The summed E-state index contributed by atoms with van der Waals surface area (Å²) in [7, 11) is 2.13. The molecule has 3 rings (SSSR count). The van der Waals surface area contributed by atoms with Crippen LogP contribution in [-0.2, 0) is 0 Å². The molecule has 1 N–H and O–H groups in total. The summed E-state index contributed by atoms with van der Waals surface area (Å²) in [4.78, 5) is 2.29. The van der Waals surface area contributed by atoms with E-state index in [1.54, 1.807) is 0 Å². The molecule has 0 fully saturated rings. The smallest absolute Gasteiger partial charge is 0.125 e. The van der Waals surface area contributed by atoms with Gasteiger partial charge < -0.3 is 10.2 Å². The van der Waals surface area contributed by atoms with E-state index in [1.165, 1.54) is 22.5 Å². The molecular weight excluding hydrogens is 208 g/mol. The summed E-state index contributed by atoms with van der Waals surface area (Å²) >= 11 is 0. The second-order valence-corrected chi connectivity index (χ2v) is 4.54. The molecule has 2 nitrogen and oxygen atoms in total. The van der Waals surface area contributed by atoms with Crippen molar-refractivity contribution >= 4 is 11.4 Å². The summed E-state index contributed by atoms with van der Waals surface area (Å²) in [6.45, 7) is 2.15. The second-order valence-electron chi connectivity index (χ2n) is 4.54. The van der Waals surface area contributed by atoms with Crippen molar-refractivity contribution in [3.63, 3.8) is 0 Å². The number of rotatable bonds is 1. The summed E-state index contributed by atoms with van der Waals surface area (Å²) < 4.78 is 0. The van der Waals surface area contributed by atoms with Crippen LogP contribution in [0.1, 0.15) is 17.3 Å². The maximum Gasteiger partial charge on any atom is 0.125 e. The van der Waals surface area contributed by atoms with Gasteiger partial charge >= 0.3 is 0 Å². The molecule has 1 atom stereocenters. The minimum atomic E-state index is 0.243. The van der Waals surface area contributed by atoms with Crippen molar-refractivity contribution in [2.45, 2.75) is 13.1 Å². The Balaban J connectivity index is 2.02. The highest BCUT2D eigenvalue weighted by Gasteiger charge is 2.27. The van der Waals surface area contributed by atoms with E-state index in [0.717, 1.165) is 0 Å². The van der Waals surface area contributed by atoms with Gasteiger partial charge in [0.15, 0.2) is 0 Å². The predicted molar refractivity (Wildman–Crippen MR) is 72.4 cm³/mol. The van der Waals surface area contributed by atoms with Crippen LogP contribution in [0.2, 0.25) is 0 Å². The first-order valence-corrected chi connectivity index (χ1v) is 5.91. The molecule has 0 saturated carbocycles. The van der Waals surface area contributed by atoms with E-state index in [9.17, 15) is 0 Å². The fraction of sp³-hybridized carbons (Fsp3) is 0.200. The number of hydrogen-bond acceptors (Lipinski definition) is 2. The summed E-state index contributed by atoms with van der Waals surface area (Å²) in [5.74, 6) is 0. The first-order valence-electron chi connectivity index (χ1n) is 5.91. The highest BCUT2D eigenvalue weighted by molar-refractivity contribution is 5.79. The van der Waals surface area contributed by atoms with E-state index in [4.69, 9.17) is 0 Å². The maximum atomic E-state index is 3.59. The van der Waals surface area contributed by atoms with Gasteiger partial charge in [-0.3, -0.25) is 0 Å². The topological polar surface area (TPSA) is 15.3 Å². The lowest BCUT2D eigenvalue weighted by Gasteiger charge is -2.22. The number of nitrogens with zero attached hydrogens (tertiary/aromatic N) is 1. The molecular formula is C15H16N2. The van der Waals surface area contributed by atoms with Crippen LogP contribution in [0, 0.1) is 6.92 Å². The molecule has 1 aliphatic heterocycles. The average molecular weight is 224 g/mol. The van der Waals surface area contributed by atoms with Gasteiger partial charge in [0.05, 0.1) is 11.4 Å².